The number of halogens is 2. The topological polar surface area (TPSA) is 88.1 Å². The molecule has 1 saturated heterocycles. The van der Waals surface area contributed by atoms with E-state index in [0.29, 0.717) is 10.0 Å². The van der Waals surface area contributed by atoms with Gasteiger partial charge in [-0.3, -0.25) is 15.0 Å². The molecule has 9 heteroatoms. The van der Waals surface area contributed by atoms with Crippen LogP contribution in [0.4, 0.5) is 5.69 Å². The van der Waals surface area contributed by atoms with Crippen molar-refractivity contribution < 1.29 is 19.1 Å². The second-order valence-corrected chi connectivity index (χ2v) is 6.36. The Hall–Kier alpha value is -2.12. The summed E-state index contributed by atoms with van der Waals surface area (Å²) in [5.74, 6) is -1.54. The van der Waals surface area contributed by atoms with Crippen LogP contribution in [0.15, 0.2) is 23.3 Å². The summed E-state index contributed by atoms with van der Waals surface area (Å²) >= 11 is 11.9. The van der Waals surface area contributed by atoms with Gasteiger partial charge in [0.25, 0.3) is 5.91 Å². The molecule has 0 radical (unpaired) electrons. The zero-order valence-electron chi connectivity index (χ0n) is 12.6. The first-order valence-electron chi connectivity index (χ1n) is 7.20. The van der Waals surface area contributed by atoms with Crippen LogP contribution in [-0.2, 0) is 19.1 Å². The molecule has 126 valence electrons. The van der Waals surface area contributed by atoms with Gasteiger partial charge >= 0.3 is 5.97 Å². The van der Waals surface area contributed by atoms with Gasteiger partial charge in [-0.05, 0) is 25.1 Å². The first-order chi connectivity index (χ1) is 11.4. The second-order valence-electron chi connectivity index (χ2n) is 5.49. The standard InChI is InChI=1S/C15H13Cl2N3O4/c1-2-24-13(22)11-6-15(19-18-11)7-12(21)20(14(15)23)10-4-8(16)3-9(17)5-10/h3-5,19H,2,6-7H2,1H3. The normalized spacial score (nSPS) is 22.8. The van der Waals surface area contributed by atoms with Crippen molar-refractivity contribution in [2.75, 3.05) is 11.5 Å². The monoisotopic (exact) mass is 369 g/mol. The summed E-state index contributed by atoms with van der Waals surface area (Å²) in [5, 5.41) is 4.49. The smallest absolute Gasteiger partial charge is 0.354 e. The molecule has 24 heavy (non-hydrogen) atoms. The van der Waals surface area contributed by atoms with Crippen molar-refractivity contribution in [2.45, 2.75) is 25.3 Å². The van der Waals surface area contributed by atoms with Crippen LogP contribution in [0.5, 0.6) is 0 Å². The van der Waals surface area contributed by atoms with Crippen LogP contribution in [0.2, 0.25) is 10.0 Å². The maximum atomic E-state index is 12.8. The van der Waals surface area contributed by atoms with Gasteiger partial charge in [-0.25, -0.2) is 9.69 Å². The third-order valence-electron chi connectivity index (χ3n) is 3.81. The van der Waals surface area contributed by atoms with Crippen molar-refractivity contribution in [3.8, 4) is 0 Å². The molecule has 0 aromatic heterocycles. The van der Waals surface area contributed by atoms with Crippen molar-refractivity contribution in [1.82, 2.24) is 5.43 Å². The number of hydrogen-bond acceptors (Lipinski definition) is 6. The van der Waals surface area contributed by atoms with Crippen LogP contribution in [-0.4, -0.2) is 35.6 Å². The van der Waals surface area contributed by atoms with E-state index >= 15 is 0 Å². The van der Waals surface area contributed by atoms with Gasteiger partial charge in [-0.2, -0.15) is 5.10 Å². The molecule has 0 aliphatic carbocycles. The number of amides is 2. The molecule has 2 amide bonds. The molecule has 1 N–H and O–H groups in total. The number of imide groups is 1. The molecule has 2 aliphatic heterocycles. The lowest BCUT2D eigenvalue weighted by Crippen LogP contribution is -2.47. The summed E-state index contributed by atoms with van der Waals surface area (Å²) in [4.78, 5) is 38.0. The van der Waals surface area contributed by atoms with Gasteiger partial charge in [-0.1, -0.05) is 23.2 Å². The van der Waals surface area contributed by atoms with Gasteiger partial charge in [-0.15, -0.1) is 0 Å². The number of esters is 1. The molecule has 2 aliphatic rings. The minimum Gasteiger partial charge on any atom is -0.461 e. The molecular weight excluding hydrogens is 357 g/mol. The van der Waals surface area contributed by atoms with Crippen LogP contribution < -0.4 is 10.3 Å². The fourth-order valence-electron chi connectivity index (χ4n) is 2.77. The third kappa shape index (κ3) is 2.74. The van der Waals surface area contributed by atoms with Crippen LogP contribution in [0.1, 0.15) is 19.8 Å². The Morgan fingerprint density at radius 2 is 1.96 bits per heavy atom. The highest BCUT2D eigenvalue weighted by molar-refractivity contribution is 6.39. The summed E-state index contributed by atoms with van der Waals surface area (Å²) in [7, 11) is 0. The van der Waals surface area contributed by atoms with E-state index < -0.39 is 23.3 Å². The first-order valence-corrected chi connectivity index (χ1v) is 7.96. The van der Waals surface area contributed by atoms with E-state index in [9.17, 15) is 14.4 Å². The number of carbonyl (C=O) groups is 3. The molecule has 0 saturated carbocycles. The third-order valence-corrected chi connectivity index (χ3v) is 4.24. The molecule has 1 aromatic rings. The van der Waals surface area contributed by atoms with Crippen molar-refractivity contribution >= 4 is 52.4 Å². The number of carbonyl (C=O) groups excluding carboxylic acids is 3. The number of anilines is 1. The van der Waals surface area contributed by atoms with E-state index in [0.717, 1.165) is 4.90 Å². The molecule has 0 bridgehead atoms. The molecule has 1 fully saturated rings. The summed E-state index contributed by atoms with van der Waals surface area (Å²) in [6, 6.07) is 4.46. The molecular formula is C15H13Cl2N3O4. The highest BCUT2D eigenvalue weighted by atomic mass is 35.5. The molecule has 2 heterocycles. The van der Waals surface area contributed by atoms with Crippen molar-refractivity contribution in [3.05, 3.63) is 28.2 Å². The molecule has 1 spiro atoms. The number of ether oxygens (including phenoxy) is 1. The maximum Gasteiger partial charge on any atom is 0.354 e. The molecule has 1 aromatic carbocycles. The Morgan fingerprint density at radius 1 is 1.29 bits per heavy atom. The lowest BCUT2D eigenvalue weighted by atomic mass is 9.93. The average molecular weight is 370 g/mol. The summed E-state index contributed by atoms with van der Waals surface area (Å²) in [5.41, 5.74) is 1.74. The maximum absolute atomic E-state index is 12.8. The van der Waals surface area contributed by atoms with Crippen LogP contribution in [0, 0.1) is 0 Å². The summed E-state index contributed by atoms with van der Waals surface area (Å²) < 4.78 is 4.88. The predicted molar refractivity (Wildman–Crippen MR) is 88.1 cm³/mol. The minimum absolute atomic E-state index is 0.0127. The summed E-state index contributed by atoms with van der Waals surface area (Å²) in [6.07, 6.45) is -0.135. The Balaban J connectivity index is 1.87. The number of benzene rings is 1. The molecule has 3 rings (SSSR count). The number of nitrogens with zero attached hydrogens (tertiary/aromatic N) is 2. The molecule has 1 atom stereocenters. The van der Waals surface area contributed by atoms with E-state index in [1.807, 2.05) is 0 Å². The zero-order chi connectivity index (χ0) is 17.5. The largest absolute Gasteiger partial charge is 0.461 e. The highest BCUT2D eigenvalue weighted by Crippen LogP contribution is 2.36. The Kier molecular flexibility index (Phi) is 4.23. The zero-order valence-corrected chi connectivity index (χ0v) is 14.1. The Labute approximate surface area is 147 Å². The van der Waals surface area contributed by atoms with Gasteiger partial charge in [0.15, 0.2) is 0 Å². The van der Waals surface area contributed by atoms with Crippen LogP contribution >= 0.6 is 23.2 Å². The number of nitrogens with one attached hydrogen (secondary N) is 1. The van der Waals surface area contributed by atoms with Crippen molar-refractivity contribution in [3.63, 3.8) is 0 Å². The van der Waals surface area contributed by atoms with E-state index in [-0.39, 0.29) is 30.8 Å². The highest BCUT2D eigenvalue weighted by Gasteiger charge is 2.56. The average Bonchev–Trinajstić information content (AvgIpc) is 3.01. The van der Waals surface area contributed by atoms with Gasteiger partial charge in [0.2, 0.25) is 5.91 Å². The van der Waals surface area contributed by atoms with Gasteiger partial charge < -0.3 is 4.74 Å². The summed E-state index contributed by atoms with van der Waals surface area (Å²) in [6.45, 7) is 1.87. The number of hydrazone groups is 1. The van der Waals surface area contributed by atoms with Gasteiger partial charge in [0.1, 0.15) is 11.3 Å². The first kappa shape index (κ1) is 16.7. The van der Waals surface area contributed by atoms with Crippen LogP contribution in [0.25, 0.3) is 0 Å². The van der Waals surface area contributed by atoms with E-state index in [1.165, 1.54) is 18.2 Å². The Morgan fingerprint density at radius 3 is 2.58 bits per heavy atom. The van der Waals surface area contributed by atoms with Crippen molar-refractivity contribution in [1.29, 1.82) is 0 Å². The lowest BCUT2D eigenvalue weighted by Gasteiger charge is -2.21. The SMILES string of the molecule is CCOC(=O)C1=NNC2(CC(=O)N(c3cc(Cl)cc(Cl)c3)C2=O)C1. The fraction of sp³-hybridized carbons (Fsp3) is 0.333. The molecule has 7 nitrogen and oxygen atoms in total. The predicted octanol–water partition coefficient (Wildman–Crippen LogP) is 1.91. The van der Waals surface area contributed by atoms with Gasteiger partial charge in [0, 0.05) is 16.5 Å². The minimum atomic E-state index is -1.27. The van der Waals surface area contributed by atoms with Crippen LogP contribution in [0.3, 0.4) is 0 Å². The van der Waals surface area contributed by atoms with E-state index in [4.69, 9.17) is 27.9 Å². The second kappa shape index (κ2) is 6.07. The lowest BCUT2D eigenvalue weighted by molar-refractivity contribution is -0.135. The van der Waals surface area contributed by atoms with E-state index in [1.54, 1.807) is 6.92 Å². The fourth-order valence-corrected chi connectivity index (χ4v) is 3.28. The number of rotatable bonds is 3. The van der Waals surface area contributed by atoms with Gasteiger partial charge in [0.05, 0.1) is 18.7 Å². The molecule has 1 unspecified atom stereocenters. The van der Waals surface area contributed by atoms with Crippen molar-refractivity contribution in [2.24, 2.45) is 5.10 Å². The van der Waals surface area contributed by atoms with E-state index in [2.05, 4.69) is 10.5 Å². The quantitative estimate of drug-likeness (QED) is 0.649. The Bertz CT molecular complexity index is 760. The number of hydrogen-bond donors (Lipinski definition) is 1.